The first-order valence-electron chi connectivity index (χ1n) is 4.56. The van der Waals surface area contributed by atoms with Crippen LogP contribution in [0.25, 0.3) is 5.57 Å². The molecule has 0 aromatic heterocycles. The Morgan fingerprint density at radius 2 is 1.92 bits per heavy atom. The Kier molecular flexibility index (Phi) is 2.17. The van der Waals surface area contributed by atoms with Gasteiger partial charge in [-0.05, 0) is 30.3 Å². The van der Waals surface area contributed by atoms with E-state index in [-0.39, 0.29) is 0 Å². The molecule has 0 saturated heterocycles. The molecule has 1 aromatic carbocycles. The molecule has 1 heteroatoms. The first-order valence-corrected chi connectivity index (χ1v) is 4.56. The zero-order valence-electron chi connectivity index (χ0n) is 7.70. The summed E-state index contributed by atoms with van der Waals surface area (Å²) in [5.74, 6) is 0. The van der Waals surface area contributed by atoms with Crippen molar-refractivity contribution in [1.82, 2.24) is 5.32 Å². The van der Waals surface area contributed by atoms with Crippen LogP contribution in [0.2, 0.25) is 0 Å². The number of allylic oxidation sites excluding steroid dienone is 2. The molecule has 2 rings (SSSR count). The average molecular weight is 171 g/mol. The summed E-state index contributed by atoms with van der Waals surface area (Å²) in [5, 5.41) is 3.22. The van der Waals surface area contributed by atoms with Crippen molar-refractivity contribution in [1.29, 1.82) is 0 Å². The summed E-state index contributed by atoms with van der Waals surface area (Å²) < 4.78 is 0. The van der Waals surface area contributed by atoms with E-state index < -0.39 is 0 Å². The van der Waals surface area contributed by atoms with Gasteiger partial charge in [0.15, 0.2) is 0 Å². The molecule has 0 radical (unpaired) electrons. The van der Waals surface area contributed by atoms with Crippen molar-refractivity contribution in [3.63, 3.8) is 0 Å². The van der Waals surface area contributed by atoms with Gasteiger partial charge < -0.3 is 5.32 Å². The first kappa shape index (κ1) is 8.11. The molecule has 0 aliphatic carbocycles. The largest absolute Gasteiger partial charge is 0.385 e. The Labute approximate surface area is 78.8 Å². The van der Waals surface area contributed by atoms with Gasteiger partial charge in [0.1, 0.15) is 0 Å². The Balaban J connectivity index is 2.32. The van der Waals surface area contributed by atoms with Gasteiger partial charge >= 0.3 is 0 Å². The highest BCUT2D eigenvalue weighted by molar-refractivity contribution is 5.75. The third kappa shape index (κ3) is 1.81. The molecule has 1 N–H and O–H groups in total. The molecule has 0 amide bonds. The topological polar surface area (TPSA) is 12.0 Å². The summed E-state index contributed by atoms with van der Waals surface area (Å²) in [6.45, 7) is 2.15. The van der Waals surface area contributed by atoms with Crippen molar-refractivity contribution in [3.05, 3.63) is 54.2 Å². The molecule has 0 fully saturated rings. The molecule has 1 heterocycles. The van der Waals surface area contributed by atoms with Crippen LogP contribution in [-0.2, 0) is 0 Å². The highest BCUT2D eigenvalue weighted by Gasteiger charge is 2.03. The van der Waals surface area contributed by atoms with Crippen LogP contribution in [0, 0.1) is 0 Å². The Morgan fingerprint density at radius 1 is 1.15 bits per heavy atom. The molecule has 0 spiro atoms. The molecule has 13 heavy (non-hydrogen) atoms. The normalized spacial score (nSPS) is 20.7. The predicted octanol–water partition coefficient (Wildman–Crippen LogP) is 2.58. The fourth-order valence-corrected chi connectivity index (χ4v) is 1.49. The number of nitrogens with one attached hydrogen (secondary N) is 1. The highest BCUT2D eigenvalue weighted by atomic mass is 14.9. The van der Waals surface area contributed by atoms with E-state index in [1.165, 1.54) is 11.1 Å². The Morgan fingerprint density at radius 3 is 2.62 bits per heavy atom. The van der Waals surface area contributed by atoms with E-state index in [0.717, 1.165) is 0 Å². The van der Waals surface area contributed by atoms with Crippen LogP contribution in [0.3, 0.4) is 0 Å². The van der Waals surface area contributed by atoms with Crippen molar-refractivity contribution in [2.45, 2.75) is 13.0 Å². The van der Waals surface area contributed by atoms with Gasteiger partial charge in [-0.1, -0.05) is 36.4 Å². The summed E-state index contributed by atoms with van der Waals surface area (Å²) in [7, 11) is 0. The second-order valence-corrected chi connectivity index (χ2v) is 3.28. The van der Waals surface area contributed by atoms with Crippen molar-refractivity contribution in [3.8, 4) is 0 Å². The van der Waals surface area contributed by atoms with E-state index in [0.29, 0.717) is 6.04 Å². The van der Waals surface area contributed by atoms with Gasteiger partial charge in [-0.3, -0.25) is 0 Å². The molecule has 1 aliphatic rings. The van der Waals surface area contributed by atoms with Gasteiger partial charge in [-0.2, -0.15) is 0 Å². The smallest absolute Gasteiger partial charge is 0.0419 e. The Hall–Kier alpha value is -1.50. The number of dihydropyridines is 1. The van der Waals surface area contributed by atoms with Crippen LogP contribution in [0.1, 0.15) is 12.5 Å². The molecule has 1 atom stereocenters. The monoisotopic (exact) mass is 171 g/mol. The minimum absolute atomic E-state index is 0.431. The lowest BCUT2D eigenvalue weighted by molar-refractivity contribution is 0.764. The average Bonchev–Trinajstić information content (AvgIpc) is 2.19. The molecule has 1 aliphatic heterocycles. The summed E-state index contributed by atoms with van der Waals surface area (Å²) in [6, 6.07) is 10.9. The quantitative estimate of drug-likeness (QED) is 0.684. The van der Waals surface area contributed by atoms with E-state index in [1.54, 1.807) is 0 Å². The van der Waals surface area contributed by atoms with Gasteiger partial charge in [0, 0.05) is 6.04 Å². The molecular weight excluding hydrogens is 158 g/mol. The zero-order valence-corrected chi connectivity index (χ0v) is 7.70. The van der Waals surface area contributed by atoms with Crippen molar-refractivity contribution < 1.29 is 0 Å². The maximum Gasteiger partial charge on any atom is 0.0419 e. The maximum absolute atomic E-state index is 3.22. The van der Waals surface area contributed by atoms with Gasteiger partial charge in [0.2, 0.25) is 0 Å². The lowest BCUT2D eigenvalue weighted by Crippen LogP contribution is -2.20. The number of hydrogen-bond donors (Lipinski definition) is 1. The standard InChI is InChI=1S/C12H13N/c1-10-9-12(7-8-13-10)11-5-3-2-4-6-11/h2-10,13H,1H3. The number of hydrogen-bond acceptors (Lipinski definition) is 1. The van der Waals surface area contributed by atoms with E-state index in [9.17, 15) is 0 Å². The van der Waals surface area contributed by atoms with E-state index in [4.69, 9.17) is 0 Å². The fourth-order valence-electron chi connectivity index (χ4n) is 1.49. The van der Waals surface area contributed by atoms with Crippen LogP contribution in [0.15, 0.2) is 48.7 Å². The van der Waals surface area contributed by atoms with Crippen LogP contribution < -0.4 is 5.32 Å². The van der Waals surface area contributed by atoms with Crippen molar-refractivity contribution in [2.75, 3.05) is 0 Å². The van der Waals surface area contributed by atoms with Gasteiger partial charge in [-0.15, -0.1) is 0 Å². The minimum atomic E-state index is 0.431. The van der Waals surface area contributed by atoms with Gasteiger partial charge in [-0.25, -0.2) is 0 Å². The molecule has 1 unspecified atom stereocenters. The van der Waals surface area contributed by atoms with Crippen molar-refractivity contribution >= 4 is 5.57 Å². The lowest BCUT2D eigenvalue weighted by atomic mass is 10.0. The molecule has 66 valence electrons. The maximum atomic E-state index is 3.22. The van der Waals surface area contributed by atoms with Gasteiger partial charge in [0.05, 0.1) is 0 Å². The first-order chi connectivity index (χ1) is 6.36. The molecular formula is C12H13N. The zero-order chi connectivity index (χ0) is 9.10. The van der Waals surface area contributed by atoms with Gasteiger partial charge in [0.25, 0.3) is 0 Å². The van der Waals surface area contributed by atoms with E-state index in [1.807, 2.05) is 12.3 Å². The molecule has 0 saturated carbocycles. The predicted molar refractivity (Wildman–Crippen MR) is 56.2 cm³/mol. The SMILES string of the molecule is CC1C=C(c2ccccc2)C=CN1. The molecule has 0 bridgehead atoms. The van der Waals surface area contributed by atoms with Crippen LogP contribution in [0.4, 0.5) is 0 Å². The van der Waals surface area contributed by atoms with E-state index in [2.05, 4.69) is 48.7 Å². The fraction of sp³-hybridized carbons (Fsp3) is 0.167. The third-order valence-corrected chi connectivity index (χ3v) is 2.16. The van der Waals surface area contributed by atoms with Crippen molar-refractivity contribution in [2.24, 2.45) is 0 Å². The van der Waals surface area contributed by atoms with Crippen LogP contribution in [0.5, 0.6) is 0 Å². The molecule has 1 aromatic rings. The third-order valence-electron chi connectivity index (χ3n) is 2.16. The van der Waals surface area contributed by atoms with E-state index >= 15 is 0 Å². The van der Waals surface area contributed by atoms with Crippen LogP contribution >= 0.6 is 0 Å². The lowest BCUT2D eigenvalue weighted by Gasteiger charge is -2.14. The Bertz CT molecular complexity index is 335. The molecule has 1 nitrogen and oxygen atoms in total. The summed E-state index contributed by atoms with van der Waals surface area (Å²) in [6.07, 6.45) is 6.34. The second-order valence-electron chi connectivity index (χ2n) is 3.28. The van der Waals surface area contributed by atoms with Crippen LogP contribution in [-0.4, -0.2) is 6.04 Å². The summed E-state index contributed by atoms with van der Waals surface area (Å²) in [5.41, 5.74) is 2.58. The summed E-state index contributed by atoms with van der Waals surface area (Å²) >= 11 is 0. The number of benzene rings is 1. The number of rotatable bonds is 1. The minimum Gasteiger partial charge on any atom is -0.385 e. The summed E-state index contributed by atoms with van der Waals surface area (Å²) in [4.78, 5) is 0. The second kappa shape index (κ2) is 3.48. The highest BCUT2D eigenvalue weighted by Crippen LogP contribution is 2.17.